The molecule has 23 heavy (non-hydrogen) atoms. The molecule has 1 saturated carbocycles. The van der Waals surface area contributed by atoms with E-state index in [1.54, 1.807) is 4.90 Å². The van der Waals surface area contributed by atoms with E-state index in [1.165, 1.54) is 13.3 Å². The van der Waals surface area contributed by atoms with Gasteiger partial charge in [0, 0.05) is 13.5 Å². The lowest BCUT2D eigenvalue weighted by atomic mass is 9.83. The molecule has 0 spiro atoms. The van der Waals surface area contributed by atoms with Gasteiger partial charge in [0.2, 0.25) is 11.8 Å². The number of hydrogen-bond donors (Lipinski definition) is 2. The molecule has 1 aliphatic carbocycles. The molecule has 0 aromatic carbocycles. The minimum Gasteiger partial charge on any atom is -0.388 e. The molecule has 0 radical (unpaired) electrons. The minimum atomic E-state index is -0.711. The number of nitrogens with one attached hydrogen (secondary N) is 1. The number of alkyl halides is 1. The Hall–Kier alpha value is -0.850. The quantitative estimate of drug-likeness (QED) is 0.737. The van der Waals surface area contributed by atoms with E-state index in [2.05, 4.69) is 5.32 Å². The fourth-order valence-corrected chi connectivity index (χ4v) is 4.60. The molecule has 2 saturated heterocycles. The van der Waals surface area contributed by atoms with Crippen molar-refractivity contribution in [3.8, 4) is 0 Å². The maximum atomic E-state index is 13.1. The van der Waals surface area contributed by atoms with Crippen molar-refractivity contribution >= 4 is 23.4 Å². The summed E-state index contributed by atoms with van der Waals surface area (Å²) in [6, 6.07) is -0.923. The molecule has 2 N–H and O–H groups in total. The zero-order chi connectivity index (χ0) is 16.6. The molecular weight excluding hydrogens is 320 g/mol. The highest BCUT2D eigenvalue weighted by Gasteiger charge is 2.53. The largest absolute Gasteiger partial charge is 0.388 e. The summed E-state index contributed by atoms with van der Waals surface area (Å²) >= 11 is 6.30. The van der Waals surface area contributed by atoms with Crippen molar-refractivity contribution in [2.75, 3.05) is 13.2 Å². The number of carbonyl (C=O) groups is 2. The molecule has 3 aliphatic rings. The van der Waals surface area contributed by atoms with Gasteiger partial charge in [-0.15, -0.1) is 11.6 Å². The second kappa shape index (κ2) is 6.95. The van der Waals surface area contributed by atoms with E-state index in [-0.39, 0.29) is 35.8 Å². The summed E-state index contributed by atoms with van der Waals surface area (Å²) in [7, 11) is 0. The maximum Gasteiger partial charge on any atom is 0.245 e. The van der Waals surface area contributed by atoms with E-state index < -0.39 is 18.2 Å². The fraction of sp³-hybridized carbons (Fsp3) is 0.875. The van der Waals surface area contributed by atoms with Gasteiger partial charge in [0.1, 0.15) is 12.1 Å². The van der Waals surface area contributed by atoms with Crippen molar-refractivity contribution in [1.29, 1.82) is 0 Å². The van der Waals surface area contributed by atoms with Crippen LogP contribution in [0.1, 0.15) is 39.0 Å². The van der Waals surface area contributed by atoms with Crippen molar-refractivity contribution in [1.82, 2.24) is 10.2 Å². The predicted octanol–water partition coefficient (Wildman–Crippen LogP) is 0.649. The van der Waals surface area contributed by atoms with Crippen molar-refractivity contribution < 1.29 is 19.4 Å². The molecule has 2 amide bonds. The number of ether oxygens (including phenoxy) is 1. The average molecular weight is 345 g/mol. The molecule has 2 aliphatic heterocycles. The highest BCUT2D eigenvalue weighted by molar-refractivity contribution is 6.21. The van der Waals surface area contributed by atoms with E-state index in [4.69, 9.17) is 16.3 Å². The lowest BCUT2D eigenvalue weighted by molar-refractivity contribution is -0.140. The number of likely N-dealkylation sites (tertiary alicyclic amines) is 1. The molecule has 130 valence electrons. The topological polar surface area (TPSA) is 78.9 Å². The van der Waals surface area contributed by atoms with Crippen LogP contribution in [0.4, 0.5) is 0 Å². The predicted molar refractivity (Wildman–Crippen MR) is 85.1 cm³/mol. The smallest absolute Gasteiger partial charge is 0.245 e. The van der Waals surface area contributed by atoms with Crippen LogP contribution in [-0.4, -0.2) is 64.6 Å². The highest BCUT2D eigenvalue weighted by Crippen LogP contribution is 2.35. The van der Waals surface area contributed by atoms with E-state index in [0.717, 1.165) is 25.7 Å². The molecule has 5 atom stereocenters. The number of rotatable bonds is 3. The van der Waals surface area contributed by atoms with Crippen molar-refractivity contribution in [2.45, 2.75) is 68.7 Å². The van der Waals surface area contributed by atoms with Crippen molar-refractivity contribution in [2.24, 2.45) is 5.92 Å². The Kier molecular flexibility index (Phi) is 5.13. The van der Waals surface area contributed by atoms with Crippen LogP contribution in [0.15, 0.2) is 0 Å². The number of carbonyl (C=O) groups excluding carboxylic acids is 2. The first-order valence-corrected chi connectivity index (χ1v) is 8.94. The molecule has 0 aromatic heterocycles. The summed E-state index contributed by atoms with van der Waals surface area (Å²) < 4.78 is 5.52. The van der Waals surface area contributed by atoms with E-state index in [1.807, 2.05) is 0 Å². The molecule has 3 fully saturated rings. The Morgan fingerprint density at radius 2 is 2.00 bits per heavy atom. The second-order valence-electron chi connectivity index (χ2n) is 6.94. The standard InChI is InChI=1S/C16H25ClN2O4/c1-9(20)18-13(10-5-3-2-4-6-10)16(22)19-7-11(17)15-14(19)12(21)8-23-15/h10-15,21H,2-8H2,1H3,(H,18,20)/t11-,12-,13-,14+,15+/m0/s1. The Labute approximate surface area is 141 Å². The molecule has 3 rings (SSSR count). The highest BCUT2D eigenvalue weighted by atomic mass is 35.5. The van der Waals surface area contributed by atoms with Crippen LogP contribution in [0.2, 0.25) is 0 Å². The van der Waals surface area contributed by atoms with Crippen LogP contribution in [0.25, 0.3) is 0 Å². The number of amides is 2. The lowest BCUT2D eigenvalue weighted by Gasteiger charge is -2.34. The van der Waals surface area contributed by atoms with Crippen LogP contribution >= 0.6 is 11.6 Å². The van der Waals surface area contributed by atoms with Gasteiger partial charge in [0.15, 0.2) is 0 Å². The Morgan fingerprint density at radius 1 is 1.30 bits per heavy atom. The maximum absolute atomic E-state index is 13.1. The van der Waals surface area contributed by atoms with Gasteiger partial charge >= 0.3 is 0 Å². The molecule has 7 heteroatoms. The van der Waals surface area contributed by atoms with Gasteiger partial charge < -0.3 is 20.1 Å². The molecular formula is C16H25ClN2O4. The molecule has 0 bridgehead atoms. The van der Waals surface area contributed by atoms with E-state index in [0.29, 0.717) is 6.54 Å². The second-order valence-corrected chi connectivity index (χ2v) is 7.50. The first-order chi connectivity index (χ1) is 11.0. The van der Waals surface area contributed by atoms with E-state index in [9.17, 15) is 14.7 Å². The third-order valence-electron chi connectivity index (χ3n) is 5.31. The first-order valence-electron chi connectivity index (χ1n) is 8.50. The summed E-state index contributed by atoms with van der Waals surface area (Å²) in [5.74, 6) is -0.169. The Balaban J connectivity index is 1.78. The van der Waals surface area contributed by atoms with Gasteiger partial charge in [0.05, 0.1) is 24.1 Å². The summed E-state index contributed by atoms with van der Waals surface area (Å²) in [6.07, 6.45) is 4.22. The van der Waals surface area contributed by atoms with Gasteiger partial charge in [-0.25, -0.2) is 0 Å². The summed E-state index contributed by atoms with van der Waals surface area (Å²) in [6.45, 7) is 2.00. The van der Waals surface area contributed by atoms with Gasteiger partial charge in [-0.1, -0.05) is 19.3 Å². The SMILES string of the molecule is CC(=O)N[C@H](C(=O)N1C[C@H](Cl)[C@H]2OC[C@H](O)[C@H]21)C1CCCCC1. The number of aliphatic hydroxyl groups is 1. The molecule has 6 nitrogen and oxygen atoms in total. The Bertz CT molecular complexity index is 469. The molecule has 0 aromatic rings. The molecule has 2 heterocycles. The van der Waals surface area contributed by atoms with Crippen LogP contribution in [0, 0.1) is 5.92 Å². The summed E-state index contributed by atoms with van der Waals surface area (Å²) in [5.41, 5.74) is 0. The number of fused-ring (bicyclic) bond motifs is 1. The third-order valence-corrected chi connectivity index (χ3v) is 5.69. The van der Waals surface area contributed by atoms with Gasteiger partial charge in [-0.05, 0) is 18.8 Å². The van der Waals surface area contributed by atoms with Crippen LogP contribution in [0.5, 0.6) is 0 Å². The van der Waals surface area contributed by atoms with Crippen molar-refractivity contribution in [3.05, 3.63) is 0 Å². The van der Waals surface area contributed by atoms with Gasteiger partial charge in [-0.3, -0.25) is 9.59 Å². The zero-order valence-electron chi connectivity index (χ0n) is 13.4. The number of nitrogens with zero attached hydrogens (tertiary/aromatic N) is 1. The van der Waals surface area contributed by atoms with Crippen LogP contribution in [-0.2, 0) is 14.3 Å². The average Bonchev–Trinajstić information content (AvgIpc) is 3.07. The fourth-order valence-electron chi connectivity index (χ4n) is 4.23. The minimum absolute atomic E-state index is 0.130. The summed E-state index contributed by atoms with van der Waals surface area (Å²) in [4.78, 5) is 26.3. The van der Waals surface area contributed by atoms with E-state index >= 15 is 0 Å². The van der Waals surface area contributed by atoms with Gasteiger partial charge in [-0.2, -0.15) is 0 Å². The zero-order valence-corrected chi connectivity index (χ0v) is 14.2. The van der Waals surface area contributed by atoms with Crippen LogP contribution in [0.3, 0.4) is 0 Å². The normalized spacial score (nSPS) is 35.9. The molecule has 0 unspecified atom stereocenters. The van der Waals surface area contributed by atoms with Gasteiger partial charge in [0.25, 0.3) is 0 Å². The lowest BCUT2D eigenvalue weighted by Crippen LogP contribution is -2.55. The first kappa shape index (κ1) is 17.0. The van der Waals surface area contributed by atoms with Crippen LogP contribution < -0.4 is 5.32 Å². The number of halogens is 1. The third kappa shape index (κ3) is 3.35. The number of hydrogen-bond acceptors (Lipinski definition) is 4. The Morgan fingerprint density at radius 3 is 2.65 bits per heavy atom. The van der Waals surface area contributed by atoms with Crippen molar-refractivity contribution in [3.63, 3.8) is 0 Å². The summed E-state index contributed by atoms with van der Waals surface area (Å²) in [5, 5.41) is 12.7. The monoisotopic (exact) mass is 344 g/mol. The number of aliphatic hydroxyl groups excluding tert-OH is 1.